The lowest BCUT2D eigenvalue weighted by atomic mass is 10.2. The van der Waals surface area contributed by atoms with Crippen LogP contribution >= 0.6 is 11.3 Å². The first-order valence-corrected chi connectivity index (χ1v) is 9.14. The van der Waals surface area contributed by atoms with Gasteiger partial charge in [0.1, 0.15) is 0 Å². The molecule has 1 aliphatic rings. The van der Waals surface area contributed by atoms with Gasteiger partial charge in [-0.3, -0.25) is 9.69 Å². The highest BCUT2D eigenvalue weighted by molar-refractivity contribution is 7.07. The first-order valence-electron chi connectivity index (χ1n) is 8.19. The Labute approximate surface area is 146 Å². The van der Waals surface area contributed by atoms with Gasteiger partial charge in [0.2, 0.25) is 11.8 Å². The molecular formula is C17H22N4O2S. The van der Waals surface area contributed by atoms with Crippen molar-refractivity contribution in [2.75, 3.05) is 26.2 Å². The van der Waals surface area contributed by atoms with Crippen molar-refractivity contribution in [3.63, 3.8) is 0 Å². The van der Waals surface area contributed by atoms with Crippen molar-refractivity contribution in [3.8, 4) is 5.88 Å². The normalized spacial score (nSPS) is 16.2. The van der Waals surface area contributed by atoms with Crippen LogP contribution in [0.2, 0.25) is 0 Å². The van der Waals surface area contributed by atoms with Crippen LogP contribution in [-0.2, 0) is 17.9 Å². The topological polar surface area (TPSA) is 58.6 Å². The van der Waals surface area contributed by atoms with Crippen molar-refractivity contribution in [2.45, 2.75) is 26.4 Å². The van der Waals surface area contributed by atoms with Crippen LogP contribution in [0.1, 0.15) is 24.6 Å². The second kappa shape index (κ2) is 8.21. The Bertz CT molecular complexity index is 645. The van der Waals surface area contributed by atoms with Gasteiger partial charge in [-0.15, -0.1) is 11.3 Å². The molecule has 0 aromatic carbocycles. The van der Waals surface area contributed by atoms with Crippen molar-refractivity contribution < 1.29 is 9.53 Å². The van der Waals surface area contributed by atoms with Crippen molar-refractivity contribution in [1.82, 2.24) is 19.8 Å². The number of hydrogen-bond acceptors (Lipinski definition) is 6. The van der Waals surface area contributed by atoms with E-state index in [0.29, 0.717) is 25.5 Å². The molecule has 0 atom stereocenters. The Kier molecular flexibility index (Phi) is 5.77. The molecule has 24 heavy (non-hydrogen) atoms. The standard InChI is InChI=1S/C17H22N4O2S/c1-2-23-16-4-3-14(9-18-16)10-20-6-5-17(22)21(8-7-20)11-15-12-24-13-19-15/h3-4,9,12-13H,2,5-8,10-11H2,1H3. The van der Waals surface area contributed by atoms with Gasteiger partial charge in [-0.1, -0.05) is 6.07 Å². The first kappa shape index (κ1) is 16.9. The number of carbonyl (C=O) groups is 1. The van der Waals surface area contributed by atoms with Gasteiger partial charge < -0.3 is 9.64 Å². The van der Waals surface area contributed by atoms with Crippen LogP contribution in [0.4, 0.5) is 0 Å². The average molecular weight is 346 g/mol. The number of ether oxygens (including phenoxy) is 1. The van der Waals surface area contributed by atoms with E-state index in [2.05, 4.69) is 14.9 Å². The van der Waals surface area contributed by atoms with E-state index in [1.54, 1.807) is 11.3 Å². The summed E-state index contributed by atoms with van der Waals surface area (Å²) in [5.74, 6) is 0.858. The highest BCUT2D eigenvalue weighted by Gasteiger charge is 2.21. The van der Waals surface area contributed by atoms with E-state index in [-0.39, 0.29) is 5.91 Å². The lowest BCUT2D eigenvalue weighted by molar-refractivity contribution is -0.131. The second-order valence-corrected chi connectivity index (χ2v) is 6.48. The van der Waals surface area contributed by atoms with Crippen LogP contribution in [0.5, 0.6) is 5.88 Å². The van der Waals surface area contributed by atoms with Crippen LogP contribution in [0.25, 0.3) is 0 Å². The fourth-order valence-corrected chi connectivity index (χ4v) is 3.29. The number of carbonyl (C=O) groups excluding carboxylic acids is 1. The molecule has 2 aromatic heterocycles. The van der Waals surface area contributed by atoms with Gasteiger partial charge in [0.15, 0.2) is 0 Å². The highest BCUT2D eigenvalue weighted by Crippen LogP contribution is 2.14. The molecular weight excluding hydrogens is 324 g/mol. The molecule has 128 valence electrons. The molecule has 0 bridgehead atoms. The number of aromatic nitrogens is 2. The number of pyridine rings is 1. The van der Waals surface area contributed by atoms with E-state index < -0.39 is 0 Å². The number of amides is 1. The number of rotatable bonds is 6. The minimum absolute atomic E-state index is 0.204. The Hall–Kier alpha value is -1.99. The maximum Gasteiger partial charge on any atom is 0.224 e. The lowest BCUT2D eigenvalue weighted by Crippen LogP contribution is -2.32. The Morgan fingerprint density at radius 3 is 2.83 bits per heavy atom. The van der Waals surface area contributed by atoms with E-state index in [1.165, 1.54) is 0 Å². The SMILES string of the molecule is CCOc1ccc(CN2CCC(=O)N(Cc3cscn3)CC2)cn1. The predicted molar refractivity (Wildman–Crippen MR) is 92.8 cm³/mol. The number of thiazole rings is 1. The van der Waals surface area contributed by atoms with Crippen molar-refractivity contribution in [1.29, 1.82) is 0 Å². The third-order valence-electron chi connectivity index (χ3n) is 4.01. The van der Waals surface area contributed by atoms with Crippen molar-refractivity contribution in [3.05, 3.63) is 40.5 Å². The highest BCUT2D eigenvalue weighted by atomic mass is 32.1. The minimum Gasteiger partial charge on any atom is -0.478 e. The molecule has 1 saturated heterocycles. The molecule has 1 amide bonds. The monoisotopic (exact) mass is 346 g/mol. The fraction of sp³-hybridized carbons (Fsp3) is 0.471. The van der Waals surface area contributed by atoms with Gasteiger partial charge >= 0.3 is 0 Å². The van der Waals surface area contributed by atoms with Gasteiger partial charge in [0.05, 0.1) is 24.4 Å². The summed E-state index contributed by atoms with van der Waals surface area (Å²) in [6.07, 6.45) is 2.40. The molecule has 7 heteroatoms. The zero-order valence-corrected chi connectivity index (χ0v) is 14.7. The van der Waals surface area contributed by atoms with Gasteiger partial charge in [-0.05, 0) is 12.5 Å². The summed E-state index contributed by atoms with van der Waals surface area (Å²) in [7, 11) is 0. The molecule has 0 N–H and O–H groups in total. The van der Waals surface area contributed by atoms with Crippen LogP contribution in [-0.4, -0.2) is 51.9 Å². The van der Waals surface area contributed by atoms with Gasteiger partial charge in [0.25, 0.3) is 0 Å². The fourth-order valence-electron chi connectivity index (χ4n) is 2.74. The van der Waals surface area contributed by atoms with E-state index in [1.807, 2.05) is 41.0 Å². The summed E-state index contributed by atoms with van der Waals surface area (Å²) < 4.78 is 5.37. The minimum atomic E-state index is 0.204. The molecule has 0 saturated carbocycles. The first-order chi connectivity index (χ1) is 11.7. The molecule has 3 rings (SSSR count). The van der Waals surface area contributed by atoms with E-state index in [0.717, 1.165) is 37.4 Å². The van der Waals surface area contributed by atoms with E-state index >= 15 is 0 Å². The zero-order chi connectivity index (χ0) is 16.8. The Balaban J connectivity index is 1.55. The zero-order valence-electron chi connectivity index (χ0n) is 13.9. The molecule has 1 fully saturated rings. The molecule has 0 radical (unpaired) electrons. The maximum atomic E-state index is 12.3. The van der Waals surface area contributed by atoms with Gasteiger partial charge in [-0.25, -0.2) is 9.97 Å². The summed E-state index contributed by atoms with van der Waals surface area (Å²) in [4.78, 5) is 25.1. The predicted octanol–water partition coefficient (Wildman–Crippen LogP) is 2.17. The molecule has 3 heterocycles. The third-order valence-corrected chi connectivity index (χ3v) is 4.65. The van der Waals surface area contributed by atoms with Gasteiger partial charge in [0, 0.05) is 50.2 Å². The van der Waals surface area contributed by atoms with Crippen LogP contribution < -0.4 is 4.74 Å². The summed E-state index contributed by atoms with van der Waals surface area (Å²) in [5.41, 5.74) is 3.92. The van der Waals surface area contributed by atoms with Gasteiger partial charge in [-0.2, -0.15) is 0 Å². The molecule has 0 unspecified atom stereocenters. The molecule has 1 aliphatic heterocycles. The molecule has 0 spiro atoms. The summed E-state index contributed by atoms with van der Waals surface area (Å²) >= 11 is 1.56. The third kappa shape index (κ3) is 4.52. The Morgan fingerprint density at radius 1 is 1.21 bits per heavy atom. The van der Waals surface area contributed by atoms with Crippen LogP contribution in [0, 0.1) is 0 Å². The van der Waals surface area contributed by atoms with Crippen LogP contribution in [0.3, 0.4) is 0 Å². The lowest BCUT2D eigenvalue weighted by Gasteiger charge is -2.21. The summed E-state index contributed by atoms with van der Waals surface area (Å²) in [6.45, 7) is 6.36. The van der Waals surface area contributed by atoms with Crippen molar-refractivity contribution >= 4 is 17.2 Å². The van der Waals surface area contributed by atoms with Crippen LogP contribution in [0.15, 0.2) is 29.2 Å². The molecule has 0 aliphatic carbocycles. The second-order valence-electron chi connectivity index (χ2n) is 5.76. The quantitative estimate of drug-likeness (QED) is 0.802. The molecule has 2 aromatic rings. The molecule has 6 nitrogen and oxygen atoms in total. The number of hydrogen-bond donors (Lipinski definition) is 0. The smallest absolute Gasteiger partial charge is 0.224 e. The van der Waals surface area contributed by atoms with Crippen molar-refractivity contribution in [2.24, 2.45) is 0 Å². The average Bonchev–Trinajstić information content (AvgIpc) is 3.04. The summed E-state index contributed by atoms with van der Waals surface area (Å²) in [6, 6.07) is 3.94. The largest absolute Gasteiger partial charge is 0.478 e. The summed E-state index contributed by atoms with van der Waals surface area (Å²) in [5, 5.41) is 2.00. The van der Waals surface area contributed by atoms with E-state index in [4.69, 9.17) is 4.74 Å². The number of nitrogens with zero attached hydrogens (tertiary/aromatic N) is 4. The van der Waals surface area contributed by atoms with E-state index in [9.17, 15) is 4.79 Å². The Morgan fingerprint density at radius 2 is 2.12 bits per heavy atom. The maximum absolute atomic E-state index is 12.3.